The number of fused-ring (bicyclic) bond motifs is 5. The van der Waals surface area contributed by atoms with Crippen LogP contribution in [0, 0.1) is 17.3 Å². The largest absolute Gasteiger partial charge is 0.508 e. The minimum atomic E-state index is -1.29. The lowest BCUT2D eigenvalue weighted by Gasteiger charge is -2.50. The van der Waals surface area contributed by atoms with E-state index in [0.717, 1.165) is 31.4 Å². The first kappa shape index (κ1) is 25.7. The molecule has 2 aromatic rings. The van der Waals surface area contributed by atoms with Crippen LogP contribution in [-0.2, 0) is 16.0 Å². The van der Waals surface area contributed by atoms with Gasteiger partial charge in [0.2, 0.25) is 0 Å². The van der Waals surface area contributed by atoms with Crippen molar-refractivity contribution in [3.63, 3.8) is 0 Å². The number of aromatic carboxylic acids is 1. The first-order valence-corrected chi connectivity index (χ1v) is 12.5. The van der Waals surface area contributed by atoms with Gasteiger partial charge in [0, 0.05) is 11.8 Å². The number of esters is 1. The van der Waals surface area contributed by atoms with Gasteiger partial charge in [0.25, 0.3) is 0 Å². The summed E-state index contributed by atoms with van der Waals surface area (Å²) in [4.78, 5) is 22.1. The van der Waals surface area contributed by atoms with Crippen LogP contribution >= 0.6 is 0 Å². The first-order valence-electron chi connectivity index (χ1n) is 12.5. The van der Waals surface area contributed by atoms with Crippen LogP contribution in [0.4, 0.5) is 0 Å². The van der Waals surface area contributed by atoms with Crippen LogP contribution in [0.3, 0.4) is 0 Å². The Balaban J connectivity index is 0.000000214. The standard InChI is InChI=1S/C21H28O3.C7H6O5/c1-3-20(23)24-19-9-8-18-17-6-4-13-12-14(22)5-7-15(13)16(17)10-11-21(18,19)2;8-4-1-3(7(11)12)2-5(9)6(4)10/h5,7,12,16-19,22H,3-4,6,8-11H2,1-2H3;1-2,8-10H,(H,11,12). The van der Waals surface area contributed by atoms with Gasteiger partial charge in [-0.1, -0.05) is 19.9 Å². The smallest absolute Gasteiger partial charge is 0.335 e. The third kappa shape index (κ3) is 4.68. The molecule has 8 nitrogen and oxygen atoms in total. The quantitative estimate of drug-likeness (QED) is 0.291. The number of benzene rings is 2. The molecule has 0 spiro atoms. The minimum Gasteiger partial charge on any atom is -0.508 e. The molecule has 0 heterocycles. The summed E-state index contributed by atoms with van der Waals surface area (Å²) in [6.07, 6.45) is 7.38. The number of aryl methyl sites for hydroxylation is 1. The van der Waals surface area contributed by atoms with Gasteiger partial charge in [-0.2, -0.15) is 0 Å². The fourth-order valence-electron chi connectivity index (χ4n) is 6.68. The number of carboxylic acids is 1. The van der Waals surface area contributed by atoms with Crippen molar-refractivity contribution in [3.8, 4) is 23.0 Å². The van der Waals surface area contributed by atoms with Crippen molar-refractivity contribution < 1.29 is 39.9 Å². The SMILES string of the molecule is CCC(=O)OC1CCC2C3CCc4cc(O)ccc4C3CCC12C.O=C(O)c1cc(O)c(O)c(O)c1. The fourth-order valence-corrected chi connectivity index (χ4v) is 6.68. The lowest BCUT2D eigenvalue weighted by molar-refractivity contribution is -0.157. The zero-order valence-corrected chi connectivity index (χ0v) is 20.6. The van der Waals surface area contributed by atoms with Gasteiger partial charge in [0.15, 0.2) is 17.2 Å². The molecule has 2 saturated carbocycles. The van der Waals surface area contributed by atoms with Gasteiger partial charge in [-0.3, -0.25) is 4.79 Å². The summed E-state index contributed by atoms with van der Waals surface area (Å²) in [6, 6.07) is 7.64. The van der Waals surface area contributed by atoms with E-state index in [4.69, 9.17) is 25.2 Å². The lowest BCUT2D eigenvalue weighted by Crippen LogP contribution is -2.45. The monoisotopic (exact) mass is 498 g/mol. The van der Waals surface area contributed by atoms with Crippen molar-refractivity contribution in [1.29, 1.82) is 0 Å². The van der Waals surface area contributed by atoms with Crippen LogP contribution in [0.1, 0.15) is 79.8 Å². The topological polar surface area (TPSA) is 145 Å². The number of hydrogen-bond acceptors (Lipinski definition) is 7. The molecule has 0 saturated heterocycles. The number of rotatable bonds is 3. The second-order valence-corrected chi connectivity index (χ2v) is 10.4. The average Bonchev–Trinajstić information content (AvgIpc) is 3.18. The molecule has 3 aliphatic carbocycles. The zero-order chi connectivity index (χ0) is 26.2. The maximum Gasteiger partial charge on any atom is 0.335 e. The fraction of sp³-hybridized carbons (Fsp3) is 0.500. The predicted molar refractivity (Wildman–Crippen MR) is 131 cm³/mol. The normalized spacial score (nSPS) is 28.1. The van der Waals surface area contributed by atoms with Crippen molar-refractivity contribution in [2.75, 3.05) is 0 Å². The summed E-state index contributed by atoms with van der Waals surface area (Å²) in [7, 11) is 0. The summed E-state index contributed by atoms with van der Waals surface area (Å²) >= 11 is 0. The molecule has 5 rings (SSSR count). The highest BCUT2D eigenvalue weighted by Gasteiger charge is 2.56. The van der Waals surface area contributed by atoms with Crippen LogP contribution in [0.25, 0.3) is 0 Å². The van der Waals surface area contributed by atoms with Gasteiger partial charge in [-0.05, 0) is 91.7 Å². The van der Waals surface area contributed by atoms with Gasteiger partial charge >= 0.3 is 11.9 Å². The van der Waals surface area contributed by atoms with Crippen LogP contribution in [0.2, 0.25) is 0 Å². The Bertz CT molecular complexity index is 1140. The highest BCUT2D eigenvalue weighted by Crippen LogP contribution is 2.61. The Morgan fingerprint density at radius 3 is 2.33 bits per heavy atom. The molecule has 0 aromatic heterocycles. The zero-order valence-electron chi connectivity index (χ0n) is 20.6. The summed E-state index contributed by atoms with van der Waals surface area (Å²) < 4.78 is 5.83. The van der Waals surface area contributed by atoms with Gasteiger partial charge in [-0.25, -0.2) is 4.79 Å². The summed E-state index contributed by atoms with van der Waals surface area (Å²) in [5.74, 6) is -1.01. The summed E-state index contributed by atoms with van der Waals surface area (Å²) in [5.41, 5.74) is 2.66. The van der Waals surface area contributed by atoms with E-state index >= 15 is 0 Å². The lowest BCUT2D eigenvalue weighted by atomic mass is 9.55. The molecule has 2 aromatic carbocycles. The van der Waals surface area contributed by atoms with Crippen LogP contribution in [0.15, 0.2) is 30.3 Å². The molecule has 0 amide bonds. The molecule has 0 radical (unpaired) electrons. The molecule has 0 bridgehead atoms. The van der Waals surface area contributed by atoms with Crippen LogP contribution in [0.5, 0.6) is 23.0 Å². The van der Waals surface area contributed by atoms with E-state index in [0.29, 0.717) is 29.9 Å². The molecular formula is C28H34O8. The number of aromatic hydroxyl groups is 4. The van der Waals surface area contributed by atoms with E-state index < -0.39 is 23.2 Å². The van der Waals surface area contributed by atoms with Gasteiger partial charge < -0.3 is 30.3 Å². The van der Waals surface area contributed by atoms with E-state index in [1.54, 1.807) is 0 Å². The molecule has 194 valence electrons. The number of phenolic OH excluding ortho intramolecular Hbond substituents is 4. The number of phenols is 4. The number of hydrogen-bond donors (Lipinski definition) is 5. The molecule has 0 aliphatic heterocycles. The van der Waals surface area contributed by atoms with E-state index in [1.165, 1.54) is 30.4 Å². The number of ether oxygens (including phenoxy) is 1. The van der Waals surface area contributed by atoms with Crippen molar-refractivity contribution in [2.24, 2.45) is 17.3 Å². The molecule has 5 atom stereocenters. The Hall–Kier alpha value is -3.42. The van der Waals surface area contributed by atoms with Gasteiger partial charge in [0.1, 0.15) is 11.9 Å². The van der Waals surface area contributed by atoms with E-state index in [-0.39, 0.29) is 23.1 Å². The van der Waals surface area contributed by atoms with Crippen molar-refractivity contribution in [2.45, 2.75) is 70.8 Å². The highest BCUT2D eigenvalue weighted by atomic mass is 16.5. The maximum atomic E-state index is 11.8. The molecule has 36 heavy (non-hydrogen) atoms. The Labute approximate surface area is 210 Å². The van der Waals surface area contributed by atoms with E-state index in [9.17, 15) is 14.7 Å². The molecule has 5 N–H and O–H groups in total. The van der Waals surface area contributed by atoms with Crippen LogP contribution < -0.4 is 0 Å². The molecule has 2 fully saturated rings. The van der Waals surface area contributed by atoms with E-state index in [1.807, 2.05) is 19.1 Å². The Kier molecular flexibility index (Phi) is 7.07. The van der Waals surface area contributed by atoms with Gasteiger partial charge in [0.05, 0.1) is 5.56 Å². The Morgan fingerprint density at radius 1 is 1.00 bits per heavy atom. The molecular weight excluding hydrogens is 464 g/mol. The number of carbonyl (C=O) groups excluding carboxylic acids is 1. The van der Waals surface area contributed by atoms with Crippen molar-refractivity contribution in [3.05, 3.63) is 47.0 Å². The van der Waals surface area contributed by atoms with Crippen LogP contribution in [-0.4, -0.2) is 43.6 Å². The van der Waals surface area contributed by atoms with Crippen molar-refractivity contribution in [1.82, 2.24) is 0 Å². The van der Waals surface area contributed by atoms with E-state index in [2.05, 4.69) is 13.0 Å². The molecule has 5 unspecified atom stereocenters. The Morgan fingerprint density at radius 2 is 1.69 bits per heavy atom. The second kappa shape index (κ2) is 9.91. The average molecular weight is 499 g/mol. The third-order valence-electron chi connectivity index (χ3n) is 8.50. The second-order valence-electron chi connectivity index (χ2n) is 10.4. The first-order chi connectivity index (χ1) is 17.0. The molecule has 8 heteroatoms. The van der Waals surface area contributed by atoms with Gasteiger partial charge in [-0.15, -0.1) is 0 Å². The predicted octanol–water partition coefficient (Wildman–Crippen LogP) is 5.07. The highest BCUT2D eigenvalue weighted by molar-refractivity contribution is 5.89. The summed E-state index contributed by atoms with van der Waals surface area (Å²) in [6.45, 7) is 4.24. The third-order valence-corrected chi connectivity index (χ3v) is 8.50. The summed E-state index contributed by atoms with van der Waals surface area (Å²) in [5, 5.41) is 44.7. The van der Waals surface area contributed by atoms with Crippen molar-refractivity contribution >= 4 is 11.9 Å². The molecule has 3 aliphatic rings. The number of carboxylic acid groups (broad SMARTS) is 1. The number of carbonyl (C=O) groups is 2. The maximum absolute atomic E-state index is 11.8. The minimum absolute atomic E-state index is 0.0477.